The summed E-state index contributed by atoms with van der Waals surface area (Å²) < 4.78 is 0. The van der Waals surface area contributed by atoms with Gasteiger partial charge in [0.1, 0.15) is 5.78 Å². The predicted octanol–water partition coefficient (Wildman–Crippen LogP) is 1.02. The van der Waals surface area contributed by atoms with Crippen LogP contribution in [0.4, 0.5) is 0 Å². The molecule has 0 saturated heterocycles. The van der Waals surface area contributed by atoms with Crippen molar-refractivity contribution in [1.29, 1.82) is 0 Å². The van der Waals surface area contributed by atoms with E-state index in [1.807, 2.05) is 0 Å². The van der Waals surface area contributed by atoms with Gasteiger partial charge in [-0.2, -0.15) is 0 Å². The van der Waals surface area contributed by atoms with E-state index in [0.717, 1.165) is 6.42 Å². The third-order valence-electron chi connectivity index (χ3n) is 2.61. The lowest BCUT2D eigenvalue weighted by Gasteiger charge is -2.13. The highest BCUT2D eigenvalue weighted by atomic mass is 16.3. The number of carbonyl (C=O) groups is 1. The van der Waals surface area contributed by atoms with Gasteiger partial charge in [-0.1, -0.05) is 0 Å². The highest BCUT2D eigenvalue weighted by Gasteiger charge is 2.09. The van der Waals surface area contributed by atoms with Gasteiger partial charge in [0.15, 0.2) is 0 Å². The summed E-state index contributed by atoms with van der Waals surface area (Å²) in [5.41, 5.74) is 0. The van der Waals surface area contributed by atoms with Gasteiger partial charge in [-0.3, -0.25) is 0 Å². The molecule has 0 spiro atoms. The van der Waals surface area contributed by atoms with Crippen LogP contribution in [-0.4, -0.2) is 39.9 Å². The molecular formula is C12H24O4. The maximum atomic E-state index is 10.7. The first-order valence-corrected chi connectivity index (χ1v) is 6.02. The molecule has 0 saturated carbocycles. The highest BCUT2D eigenvalue weighted by Crippen LogP contribution is 2.11. The van der Waals surface area contributed by atoms with Gasteiger partial charge in [-0.15, -0.1) is 0 Å². The van der Waals surface area contributed by atoms with E-state index in [4.69, 9.17) is 5.11 Å². The average Bonchev–Trinajstić information content (AvgIpc) is 2.24. The minimum absolute atomic E-state index is 0.0857. The largest absolute Gasteiger partial charge is 0.396 e. The van der Waals surface area contributed by atoms with Crippen LogP contribution in [-0.2, 0) is 4.79 Å². The summed E-state index contributed by atoms with van der Waals surface area (Å²) in [5.74, 6) is 0.0857. The molecule has 96 valence electrons. The molecule has 2 unspecified atom stereocenters. The molecule has 2 atom stereocenters. The molecule has 0 aromatic heterocycles. The molecule has 4 nitrogen and oxygen atoms in total. The molecule has 0 aromatic rings. The van der Waals surface area contributed by atoms with Crippen LogP contribution < -0.4 is 0 Å². The Kier molecular flexibility index (Phi) is 9.48. The van der Waals surface area contributed by atoms with Gasteiger partial charge < -0.3 is 20.1 Å². The number of ketones is 1. The van der Waals surface area contributed by atoms with Gasteiger partial charge in [0.2, 0.25) is 0 Å². The Bertz CT molecular complexity index is 182. The van der Waals surface area contributed by atoms with Crippen LogP contribution in [0.25, 0.3) is 0 Å². The number of rotatable bonds is 10. The van der Waals surface area contributed by atoms with Crippen molar-refractivity contribution in [3.8, 4) is 0 Å². The fourth-order valence-corrected chi connectivity index (χ4v) is 1.54. The molecular weight excluding hydrogens is 208 g/mol. The molecule has 0 bridgehead atoms. The molecule has 0 fully saturated rings. The predicted molar refractivity (Wildman–Crippen MR) is 62.1 cm³/mol. The number of aliphatic hydroxyl groups excluding tert-OH is 3. The number of hydrogen-bond acceptors (Lipinski definition) is 4. The van der Waals surface area contributed by atoms with Crippen molar-refractivity contribution in [1.82, 2.24) is 0 Å². The Morgan fingerprint density at radius 1 is 1.00 bits per heavy atom. The lowest BCUT2D eigenvalue weighted by Crippen LogP contribution is -2.14. The zero-order chi connectivity index (χ0) is 12.4. The SMILES string of the molecule is CC(=O)CCC(O)CCC(O)CCCCO. The Labute approximate surface area is 97.3 Å². The average molecular weight is 232 g/mol. The van der Waals surface area contributed by atoms with Gasteiger partial charge in [-0.05, 0) is 45.4 Å². The number of aliphatic hydroxyl groups is 3. The Morgan fingerprint density at radius 3 is 2.06 bits per heavy atom. The number of carbonyl (C=O) groups excluding carboxylic acids is 1. The van der Waals surface area contributed by atoms with Gasteiger partial charge >= 0.3 is 0 Å². The third-order valence-corrected chi connectivity index (χ3v) is 2.61. The van der Waals surface area contributed by atoms with E-state index in [2.05, 4.69) is 0 Å². The smallest absolute Gasteiger partial charge is 0.129 e. The minimum atomic E-state index is -0.489. The van der Waals surface area contributed by atoms with Gasteiger partial charge in [0.25, 0.3) is 0 Å². The summed E-state index contributed by atoms with van der Waals surface area (Å²) in [6.45, 7) is 1.67. The van der Waals surface area contributed by atoms with Crippen molar-refractivity contribution in [3.05, 3.63) is 0 Å². The van der Waals surface area contributed by atoms with Crippen LogP contribution in [0.3, 0.4) is 0 Å². The highest BCUT2D eigenvalue weighted by molar-refractivity contribution is 5.75. The second kappa shape index (κ2) is 9.75. The summed E-state index contributed by atoms with van der Waals surface area (Å²) in [6, 6.07) is 0. The first kappa shape index (κ1) is 15.6. The van der Waals surface area contributed by atoms with E-state index >= 15 is 0 Å². The van der Waals surface area contributed by atoms with Gasteiger partial charge in [0.05, 0.1) is 12.2 Å². The van der Waals surface area contributed by atoms with Crippen LogP contribution in [0.2, 0.25) is 0 Å². The molecule has 0 heterocycles. The molecule has 0 radical (unpaired) electrons. The number of unbranched alkanes of at least 4 members (excludes halogenated alkanes) is 1. The van der Waals surface area contributed by atoms with Gasteiger partial charge in [0, 0.05) is 13.0 Å². The van der Waals surface area contributed by atoms with E-state index in [1.54, 1.807) is 0 Å². The van der Waals surface area contributed by atoms with Crippen LogP contribution in [0.1, 0.15) is 51.9 Å². The monoisotopic (exact) mass is 232 g/mol. The molecule has 0 aliphatic carbocycles. The molecule has 16 heavy (non-hydrogen) atoms. The Balaban J connectivity index is 3.43. The first-order valence-electron chi connectivity index (χ1n) is 6.02. The van der Waals surface area contributed by atoms with E-state index in [-0.39, 0.29) is 12.4 Å². The zero-order valence-electron chi connectivity index (χ0n) is 10.1. The van der Waals surface area contributed by atoms with Crippen LogP contribution in [0.5, 0.6) is 0 Å². The second-order valence-electron chi connectivity index (χ2n) is 4.35. The molecule has 0 rings (SSSR count). The summed E-state index contributed by atoms with van der Waals surface area (Å²) in [5, 5.41) is 27.6. The van der Waals surface area contributed by atoms with Crippen LogP contribution >= 0.6 is 0 Å². The molecule has 0 aromatic carbocycles. The van der Waals surface area contributed by atoms with Gasteiger partial charge in [-0.25, -0.2) is 0 Å². The van der Waals surface area contributed by atoms with E-state index in [0.29, 0.717) is 38.5 Å². The lowest BCUT2D eigenvalue weighted by molar-refractivity contribution is -0.117. The third kappa shape index (κ3) is 10.1. The molecule has 3 N–H and O–H groups in total. The van der Waals surface area contributed by atoms with E-state index < -0.39 is 12.2 Å². The van der Waals surface area contributed by atoms with Crippen LogP contribution in [0, 0.1) is 0 Å². The maximum absolute atomic E-state index is 10.7. The topological polar surface area (TPSA) is 77.8 Å². The zero-order valence-corrected chi connectivity index (χ0v) is 10.1. The van der Waals surface area contributed by atoms with Crippen molar-refractivity contribution in [3.63, 3.8) is 0 Å². The fraction of sp³-hybridized carbons (Fsp3) is 0.917. The normalized spacial score (nSPS) is 14.8. The summed E-state index contributed by atoms with van der Waals surface area (Å²) >= 11 is 0. The summed E-state index contributed by atoms with van der Waals surface area (Å²) in [6.07, 6.45) is 3.28. The van der Waals surface area contributed by atoms with Crippen molar-refractivity contribution < 1.29 is 20.1 Å². The van der Waals surface area contributed by atoms with Crippen LogP contribution in [0.15, 0.2) is 0 Å². The Hall–Kier alpha value is -0.450. The fourth-order valence-electron chi connectivity index (χ4n) is 1.54. The quantitative estimate of drug-likeness (QED) is 0.491. The van der Waals surface area contributed by atoms with Crippen molar-refractivity contribution in [2.45, 2.75) is 64.1 Å². The molecule has 0 aliphatic heterocycles. The number of Topliss-reactive ketones (excluding diaryl/α,β-unsaturated/α-hetero) is 1. The first-order chi connectivity index (χ1) is 7.56. The van der Waals surface area contributed by atoms with Crippen molar-refractivity contribution in [2.75, 3.05) is 6.61 Å². The second-order valence-corrected chi connectivity index (χ2v) is 4.35. The van der Waals surface area contributed by atoms with Crippen molar-refractivity contribution >= 4 is 5.78 Å². The summed E-state index contributed by atoms with van der Waals surface area (Å²) in [7, 11) is 0. The minimum Gasteiger partial charge on any atom is -0.396 e. The van der Waals surface area contributed by atoms with Crippen molar-refractivity contribution in [2.24, 2.45) is 0 Å². The standard InChI is InChI=1S/C12H24O4/c1-10(14)5-6-12(16)8-7-11(15)4-2-3-9-13/h11-13,15-16H,2-9H2,1H3. The van der Waals surface area contributed by atoms with E-state index in [1.165, 1.54) is 6.92 Å². The summed E-state index contributed by atoms with van der Waals surface area (Å²) in [4.78, 5) is 10.7. The van der Waals surface area contributed by atoms with E-state index in [9.17, 15) is 15.0 Å². The molecule has 0 amide bonds. The maximum Gasteiger partial charge on any atom is 0.129 e. The molecule has 4 heteroatoms. The lowest BCUT2D eigenvalue weighted by atomic mass is 10.0. The molecule has 0 aliphatic rings. The number of hydrogen-bond donors (Lipinski definition) is 3. The Morgan fingerprint density at radius 2 is 1.56 bits per heavy atom.